The Kier molecular flexibility index (Phi) is 23.5. The number of hydrogen-bond donors (Lipinski definition) is 0. The Hall–Kier alpha value is -3.53. The third kappa shape index (κ3) is 12.7. The number of esters is 2. The van der Waals surface area contributed by atoms with Gasteiger partial charge in [-0.05, 0) is 30.8 Å². The fraction of sp³-hybridized carbons (Fsp3) is 0.188. The van der Waals surface area contributed by atoms with Crippen molar-refractivity contribution in [3.05, 3.63) is 129 Å². The van der Waals surface area contributed by atoms with Crippen LogP contribution in [0, 0.1) is 13.3 Å². The van der Waals surface area contributed by atoms with Crippen LogP contribution in [0.25, 0.3) is 0 Å². The molecule has 0 aliphatic carbocycles. The summed E-state index contributed by atoms with van der Waals surface area (Å²) in [5.41, 5.74) is -1.73. The van der Waals surface area contributed by atoms with E-state index >= 15 is 0 Å². The van der Waals surface area contributed by atoms with Gasteiger partial charge in [-0.15, -0.1) is 0 Å². The fourth-order valence-corrected chi connectivity index (χ4v) is 5.74. The van der Waals surface area contributed by atoms with Crippen molar-refractivity contribution < 1.29 is 50.2 Å². The minimum absolute atomic E-state index is 0. The first-order valence-corrected chi connectivity index (χ1v) is 13.2. The van der Waals surface area contributed by atoms with E-state index in [0.29, 0.717) is 0 Å². The minimum Gasteiger partial charge on any atom is -0.0622 e. The molecule has 3 rings (SSSR count). The zero-order chi connectivity index (χ0) is 30.2. The number of hydrogen-bond acceptors (Lipinski definition) is 5. The SMILES string of the molecule is C/C=C/C=C\CC(OC)(C(=O)OC)C(=O)OC.[C-]#[O+].[C-]#[O+].[Fe].c1ccc(P(c2ccccc2)c2ccccc2)cc1. The number of allylic oxidation sites excluding steroid dienone is 3. The van der Waals surface area contributed by atoms with Gasteiger partial charge in [-0.3, -0.25) is 0 Å². The van der Waals surface area contributed by atoms with E-state index in [1.807, 2.05) is 13.0 Å². The summed E-state index contributed by atoms with van der Waals surface area (Å²) < 4.78 is 29.1. The average Bonchev–Trinajstić information content (AvgIpc) is 3.04. The maximum atomic E-state index is 11.6. The van der Waals surface area contributed by atoms with Crippen molar-refractivity contribution in [2.75, 3.05) is 21.3 Å². The maximum absolute atomic E-state index is 11.6. The van der Waals surface area contributed by atoms with Gasteiger partial charge >= 0.3 is 34.5 Å². The Bertz CT molecular complexity index is 1100. The molecule has 0 saturated carbocycles. The number of carbonyl (C=O) groups excluding carboxylic acids is 2. The first-order chi connectivity index (χ1) is 19.5. The van der Waals surface area contributed by atoms with Gasteiger partial charge in [0.15, 0.2) is 0 Å². The topological polar surface area (TPSA) is 102 Å². The largest absolute Gasteiger partial charge is 0.0622 e. The maximum Gasteiger partial charge on any atom is 0 e. The van der Waals surface area contributed by atoms with Crippen LogP contribution in [0.3, 0.4) is 0 Å². The first-order valence-electron chi connectivity index (χ1n) is 11.9. The Balaban J connectivity index is 0. The molecule has 0 heterocycles. The molecule has 7 nitrogen and oxygen atoms in total. The predicted molar refractivity (Wildman–Crippen MR) is 155 cm³/mol. The molecule has 0 aromatic heterocycles. The second kappa shape index (κ2) is 24.3. The van der Waals surface area contributed by atoms with Gasteiger partial charge in [-0.1, -0.05) is 115 Å². The van der Waals surface area contributed by atoms with Crippen LogP contribution in [-0.4, -0.2) is 38.9 Å². The van der Waals surface area contributed by atoms with Gasteiger partial charge in [-0.2, -0.15) is 0 Å². The monoisotopic (exact) mass is 616 g/mol. The molecular weight excluding hydrogens is 583 g/mol. The molecule has 0 saturated heterocycles. The summed E-state index contributed by atoms with van der Waals surface area (Å²) in [4.78, 5) is 23.3. The van der Waals surface area contributed by atoms with E-state index in [1.54, 1.807) is 18.2 Å². The van der Waals surface area contributed by atoms with Crippen molar-refractivity contribution >= 4 is 35.8 Å². The summed E-state index contributed by atoms with van der Waals surface area (Å²) >= 11 is 0. The van der Waals surface area contributed by atoms with Crippen molar-refractivity contribution in [3.8, 4) is 0 Å². The van der Waals surface area contributed by atoms with Crippen LogP contribution in [0.1, 0.15) is 13.3 Å². The van der Waals surface area contributed by atoms with Gasteiger partial charge in [0, 0.05) is 30.6 Å². The second-order valence-electron chi connectivity index (χ2n) is 7.51. The molecule has 9 heteroatoms. The third-order valence-corrected chi connectivity index (χ3v) is 7.71. The number of carbonyl (C=O) groups is 2. The molecule has 0 radical (unpaired) electrons. The standard InChI is InChI=1S/C18H15P.C12H18O5.2CO.Fe/c1-4-10-16(11-5-1)19(17-12-6-2-7-13-17)18-14-8-3-9-15-18;1-5-6-7-8-9-12(17-4,10(13)15-2)11(14)16-3;2*1-2;/h1-15H;5-8H,9H2,1-4H3;;;/b;6-5+,8-7-;;;. The summed E-state index contributed by atoms with van der Waals surface area (Å²) in [7, 11) is 3.19. The van der Waals surface area contributed by atoms with Crippen LogP contribution in [0.5, 0.6) is 0 Å². The second-order valence-corrected chi connectivity index (χ2v) is 9.73. The van der Waals surface area contributed by atoms with Crippen LogP contribution >= 0.6 is 7.92 Å². The molecule has 0 aliphatic rings. The van der Waals surface area contributed by atoms with Crippen LogP contribution in [0.4, 0.5) is 0 Å². The fourth-order valence-electron chi connectivity index (χ4n) is 3.43. The minimum atomic E-state index is -1.73. The van der Waals surface area contributed by atoms with Crippen LogP contribution in [0.2, 0.25) is 0 Å². The average molecular weight is 616 g/mol. The Labute approximate surface area is 254 Å². The molecule has 0 unspecified atom stereocenters. The Morgan fingerprint density at radius 3 is 1.32 bits per heavy atom. The molecule has 41 heavy (non-hydrogen) atoms. The van der Waals surface area contributed by atoms with Crippen molar-refractivity contribution in [1.29, 1.82) is 0 Å². The molecule has 0 bridgehead atoms. The number of benzene rings is 3. The van der Waals surface area contributed by atoms with E-state index in [1.165, 1.54) is 37.2 Å². The quantitative estimate of drug-likeness (QED) is 0.0665. The molecule has 0 aliphatic heterocycles. The molecule has 216 valence electrons. The Morgan fingerprint density at radius 1 is 0.707 bits per heavy atom. The normalized spacial score (nSPS) is 9.98. The molecule has 0 fully saturated rings. The first kappa shape index (κ1) is 39.6. The molecule has 0 amide bonds. The van der Waals surface area contributed by atoms with Gasteiger partial charge in [0.05, 0.1) is 14.2 Å². The van der Waals surface area contributed by atoms with E-state index in [0.717, 1.165) is 0 Å². The zero-order valence-corrected chi connectivity index (χ0v) is 25.3. The van der Waals surface area contributed by atoms with E-state index in [9.17, 15) is 9.59 Å². The van der Waals surface area contributed by atoms with E-state index in [2.05, 4.69) is 114 Å². The van der Waals surface area contributed by atoms with Crippen molar-refractivity contribution in [2.45, 2.75) is 18.9 Å². The Morgan fingerprint density at radius 2 is 1.05 bits per heavy atom. The van der Waals surface area contributed by atoms with Gasteiger partial charge in [0.1, 0.15) is 0 Å². The molecule has 0 atom stereocenters. The van der Waals surface area contributed by atoms with Crippen molar-refractivity contribution in [1.82, 2.24) is 0 Å². The third-order valence-electron chi connectivity index (χ3n) is 5.27. The van der Waals surface area contributed by atoms with E-state index in [4.69, 9.17) is 14.0 Å². The molecule has 3 aromatic carbocycles. The summed E-state index contributed by atoms with van der Waals surface area (Å²) in [5.74, 6) is -1.56. The zero-order valence-electron chi connectivity index (χ0n) is 23.3. The number of ether oxygens (including phenoxy) is 3. The molecule has 0 spiro atoms. The van der Waals surface area contributed by atoms with Crippen molar-refractivity contribution in [3.63, 3.8) is 0 Å². The van der Waals surface area contributed by atoms with Gasteiger partial charge in [0.2, 0.25) is 0 Å². The summed E-state index contributed by atoms with van der Waals surface area (Å²) in [5, 5.41) is 4.19. The van der Waals surface area contributed by atoms with Crippen molar-refractivity contribution in [2.24, 2.45) is 0 Å². The predicted octanol–water partition coefficient (Wildman–Crippen LogP) is 4.61. The number of rotatable bonds is 9. The number of methoxy groups -OCH3 is 3. The van der Waals surface area contributed by atoms with E-state index < -0.39 is 25.5 Å². The summed E-state index contributed by atoms with van der Waals surface area (Å²) in [6.45, 7) is 10.9. The van der Waals surface area contributed by atoms with Gasteiger partial charge in [-0.25, -0.2) is 9.59 Å². The smallest absolute Gasteiger partial charge is 0 e. The van der Waals surface area contributed by atoms with Crippen LogP contribution in [0.15, 0.2) is 115 Å². The molecular formula is C32H33FeO7P. The van der Waals surface area contributed by atoms with E-state index in [-0.39, 0.29) is 23.5 Å². The van der Waals surface area contributed by atoms with Crippen LogP contribution in [-0.2, 0) is 50.2 Å². The summed E-state index contributed by atoms with van der Waals surface area (Å²) in [6, 6.07) is 32.3. The molecule has 3 aromatic rings. The molecule has 0 N–H and O–H groups in total. The van der Waals surface area contributed by atoms with Gasteiger partial charge in [0.25, 0.3) is 5.60 Å². The van der Waals surface area contributed by atoms with Gasteiger partial charge < -0.3 is 14.2 Å². The van der Waals surface area contributed by atoms with Crippen LogP contribution < -0.4 is 15.9 Å². The summed E-state index contributed by atoms with van der Waals surface area (Å²) in [6.07, 6.45) is 6.99.